The van der Waals surface area contributed by atoms with Crippen LogP contribution in [0.15, 0.2) is 0 Å². The zero-order valence-corrected chi connectivity index (χ0v) is 8.21. The average molecular weight is 221 g/mol. The molecule has 10 heavy (non-hydrogen) atoms. The molecule has 0 fully saturated rings. The Bertz CT molecular complexity index is 212. The summed E-state index contributed by atoms with van der Waals surface area (Å²) in [5, 5.41) is 4.44. The van der Waals surface area contributed by atoms with E-state index in [0.29, 0.717) is 0 Å². The number of halogens is 1. The number of nitrogens with zero attached hydrogens (tertiary/aromatic N) is 1. The summed E-state index contributed by atoms with van der Waals surface area (Å²) in [4.78, 5) is 5.77. The summed E-state index contributed by atoms with van der Waals surface area (Å²) in [6.07, 6.45) is 0. The van der Waals surface area contributed by atoms with Crippen LogP contribution in [-0.2, 0) is 13.1 Å². The van der Waals surface area contributed by atoms with Crippen molar-refractivity contribution in [2.24, 2.45) is 0 Å². The summed E-state index contributed by atoms with van der Waals surface area (Å²) < 4.78 is 0. The van der Waals surface area contributed by atoms with Gasteiger partial charge in [0, 0.05) is 18.0 Å². The summed E-state index contributed by atoms with van der Waals surface area (Å²) >= 11 is 1.80. The van der Waals surface area contributed by atoms with E-state index >= 15 is 0 Å². The van der Waals surface area contributed by atoms with Crippen molar-refractivity contribution in [2.75, 3.05) is 0 Å². The summed E-state index contributed by atoms with van der Waals surface area (Å²) in [5.41, 5.74) is 1.26. The molecule has 2 heterocycles. The van der Waals surface area contributed by atoms with Gasteiger partial charge in [-0.2, -0.15) is 0 Å². The molecule has 2 rings (SSSR count). The summed E-state index contributed by atoms with van der Waals surface area (Å²) in [7, 11) is 0. The lowest BCUT2D eigenvalue weighted by Crippen LogP contribution is -2.01. The molecule has 56 valence electrons. The van der Waals surface area contributed by atoms with Crippen molar-refractivity contribution >= 4 is 28.3 Å². The van der Waals surface area contributed by atoms with E-state index in [1.165, 1.54) is 15.6 Å². The molecule has 1 N–H and O–H groups in total. The van der Waals surface area contributed by atoms with E-state index in [1.807, 2.05) is 0 Å². The number of fused-ring (bicyclic) bond motifs is 1. The highest BCUT2D eigenvalue weighted by molar-refractivity contribution is 8.93. The van der Waals surface area contributed by atoms with Crippen molar-refractivity contribution in [3.8, 4) is 0 Å². The number of rotatable bonds is 0. The Morgan fingerprint density at radius 1 is 1.50 bits per heavy atom. The Kier molecular flexibility index (Phi) is 2.44. The third-order valence-corrected chi connectivity index (χ3v) is 2.48. The van der Waals surface area contributed by atoms with Gasteiger partial charge in [0.15, 0.2) is 0 Å². The average Bonchev–Trinajstić information content (AvgIpc) is 2.22. The van der Waals surface area contributed by atoms with Gasteiger partial charge in [0.05, 0.1) is 10.7 Å². The van der Waals surface area contributed by atoms with Gasteiger partial charge in [-0.25, -0.2) is 4.98 Å². The maximum atomic E-state index is 4.35. The molecule has 0 saturated carbocycles. The van der Waals surface area contributed by atoms with Crippen LogP contribution in [0.25, 0.3) is 0 Å². The molecule has 0 amide bonds. The quantitative estimate of drug-likeness (QED) is 0.720. The first-order chi connectivity index (χ1) is 4.36. The summed E-state index contributed by atoms with van der Waals surface area (Å²) in [6, 6.07) is 0. The SMILES string of the molecule is Br.Cc1nc2c(s1)CNC2. The molecule has 0 radical (unpaired) electrons. The van der Waals surface area contributed by atoms with Gasteiger partial charge >= 0.3 is 0 Å². The molecular weight excluding hydrogens is 212 g/mol. The predicted octanol–water partition coefficient (Wildman–Crippen LogP) is 1.63. The van der Waals surface area contributed by atoms with Crippen LogP contribution in [0.4, 0.5) is 0 Å². The summed E-state index contributed by atoms with van der Waals surface area (Å²) in [6.45, 7) is 4.06. The lowest BCUT2D eigenvalue weighted by atomic mass is 10.4. The Hall–Kier alpha value is 0.0700. The normalized spacial score (nSPS) is 14.5. The first-order valence-corrected chi connectivity index (χ1v) is 3.84. The molecule has 0 unspecified atom stereocenters. The van der Waals surface area contributed by atoms with Crippen molar-refractivity contribution in [3.05, 3.63) is 15.6 Å². The monoisotopic (exact) mass is 220 g/mol. The van der Waals surface area contributed by atoms with Gasteiger partial charge < -0.3 is 5.32 Å². The van der Waals surface area contributed by atoms with Crippen LogP contribution < -0.4 is 5.32 Å². The lowest BCUT2D eigenvalue weighted by Gasteiger charge is -1.84. The Morgan fingerprint density at radius 2 is 2.30 bits per heavy atom. The second kappa shape index (κ2) is 2.98. The van der Waals surface area contributed by atoms with Crippen LogP contribution in [0.5, 0.6) is 0 Å². The van der Waals surface area contributed by atoms with E-state index in [2.05, 4.69) is 17.2 Å². The molecule has 0 aliphatic carbocycles. The first-order valence-electron chi connectivity index (χ1n) is 3.02. The second-order valence-electron chi connectivity index (χ2n) is 2.21. The van der Waals surface area contributed by atoms with E-state index in [9.17, 15) is 0 Å². The maximum Gasteiger partial charge on any atom is 0.0901 e. The number of aromatic nitrogens is 1. The van der Waals surface area contributed by atoms with Crippen LogP contribution in [0, 0.1) is 6.92 Å². The third kappa shape index (κ3) is 1.24. The zero-order chi connectivity index (χ0) is 6.27. The number of nitrogens with one attached hydrogen (secondary N) is 1. The number of hydrogen-bond donors (Lipinski definition) is 1. The molecule has 1 aliphatic rings. The van der Waals surface area contributed by atoms with Gasteiger partial charge in [0.2, 0.25) is 0 Å². The van der Waals surface area contributed by atoms with Crippen molar-refractivity contribution in [1.82, 2.24) is 10.3 Å². The third-order valence-electron chi connectivity index (χ3n) is 1.46. The fraction of sp³-hybridized carbons (Fsp3) is 0.500. The minimum absolute atomic E-state index is 0. The minimum Gasteiger partial charge on any atom is -0.306 e. The van der Waals surface area contributed by atoms with Gasteiger partial charge in [-0.3, -0.25) is 0 Å². The molecule has 4 heteroatoms. The van der Waals surface area contributed by atoms with Crippen LogP contribution >= 0.6 is 28.3 Å². The highest BCUT2D eigenvalue weighted by Gasteiger charge is 2.13. The van der Waals surface area contributed by atoms with Crippen molar-refractivity contribution in [1.29, 1.82) is 0 Å². The highest BCUT2D eigenvalue weighted by atomic mass is 79.9. The molecule has 0 spiro atoms. The molecule has 0 bridgehead atoms. The number of aryl methyl sites for hydroxylation is 1. The Labute approximate surface area is 74.4 Å². The van der Waals surface area contributed by atoms with E-state index in [-0.39, 0.29) is 17.0 Å². The van der Waals surface area contributed by atoms with Crippen molar-refractivity contribution in [2.45, 2.75) is 20.0 Å². The molecule has 0 saturated heterocycles. The van der Waals surface area contributed by atoms with Crippen LogP contribution in [0.2, 0.25) is 0 Å². The highest BCUT2D eigenvalue weighted by Crippen LogP contribution is 2.21. The van der Waals surface area contributed by atoms with Crippen molar-refractivity contribution < 1.29 is 0 Å². The fourth-order valence-electron chi connectivity index (χ4n) is 1.08. The van der Waals surface area contributed by atoms with Crippen LogP contribution in [-0.4, -0.2) is 4.98 Å². The largest absolute Gasteiger partial charge is 0.306 e. The molecule has 1 aromatic rings. The maximum absolute atomic E-state index is 4.35. The van der Waals surface area contributed by atoms with E-state index < -0.39 is 0 Å². The Morgan fingerprint density at radius 3 is 3.00 bits per heavy atom. The number of hydrogen-bond acceptors (Lipinski definition) is 3. The van der Waals surface area contributed by atoms with Crippen LogP contribution in [0.3, 0.4) is 0 Å². The van der Waals surface area contributed by atoms with Gasteiger partial charge in [-0.15, -0.1) is 28.3 Å². The smallest absolute Gasteiger partial charge is 0.0901 e. The topological polar surface area (TPSA) is 24.9 Å². The van der Waals surface area contributed by atoms with E-state index in [4.69, 9.17) is 0 Å². The Balaban J connectivity index is 0.000000500. The van der Waals surface area contributed by atoms with E-state index in [0.717, 1.165) is 13.1 Å². The molecule has 1 aliphatic heterocycles. The summed E-state index contributed by atoms with van der Waals surface area (Å²) in [5.74, 6) is 0. The molecule has 0 aromatic carbocycles. The van der Waals surface area contributed by atoms with Gasteiger partial charge in [-0.05, 0) is 6.92 Å². The predicted molar refractivity (Wildman–Crippen MR) is 47.7 cm³/mol. The second-order valence-corrected chi connectivity index (χ2v) is 3.49. The van der Waals surface area contributed by atoms with E-state index in [1.54, 1.807) is 11.3 Å². The van der Waals surface area contributed by atoms with Gasteiger partial charge in [0.1, 0.15) is 0 Å². The lowest BCUT2D eigenvalue weighted by molar-refractivity contribution is 0.757. The fourth-order valence-corrected chi connectivity index (χ4v) is 2.01. The van der Waals surface area contributed by atoms with Crippen LogP contribution in [0.1, 0.15) is 15.6 Å². The van der Waals surface area contributed by atoms with Gasteiger partial charge in [-0.1, -0.05) is 0 Å². The number of thiazole rings is 1. The molecular formula is C6H9BrN2S. The van der Waals surface area contributed by atoms with Gasteiger partial charge in [0.25, 0.3) is 0 Å². The molecule has 1 aromatic heterocycles. The molecule has 2 nitrogen and oxygen atoms in total. The zero-order valence-electron chi connectivity index (χ0n) is 5.68. The minimum atomic E-state index is 0. The standard InChI is InChI=1S/C6H8N2S.BrH/c1-4-8-5-2-7-3-6(5)9-4;/h7H,2-3H2,1H3;1H. The molecule has 0 atom stereocenters. The first kappa shape index (κ1) is 8.17. The van der Waals surface area contributed by atoms with Crippen molar-refractivity contribution in [3.63, 3.8) is 0 Å².